The van der Waals surface area contributed by atoms with Gasteiger partial charge in [0, 0.05) is 0 Å². The minimum atomic E-state index is -0.229. The molecule has 1 aliphatic heterocycles. The minimum Gasteiger partial charge on any atom is -0.274 e. The van der Waals surface area contributed by atoms with Crippen molar-refractivity contribution in [2.24, 2.45) is 23.7 Å². The summed E-state index contributed by atoms with van der Waals surface area (Å²) >= 11 is 0. The highest BCUT2D eigenvalue weighted by Crippen LogP contribution is 2.50. The van der Waals surface area contributed by atoms with Crippen molar-refractivity contribution in [2.75, 3.05) is 4.90 Å². The van der Waals surface area contributed by atoms with E-state index in [1.807, 2.05) is 0 Å². The number of benzene rings is 1. The van der Waals surface area contributed by atoms with E-state index in [4.69, 9.17) is 0 Å². The summed E-state index contributed by atoms with van der Waals surface area (Å²) in [6, 6.07) is 8.89. The largest absolute Gasteiger partial charge is 0.274 e. The van der Waals surface area contributed by atoms with Crippen molar-refractivity contribution >= 4 is 17.5 Å². The number of allylic oxidation sites excluding steroid dienone is 2. The molecule has 4 atom stereocenters. The van der Waals surface area contributed by atoms with Crippen molar-refractivity contribution in [3.63, 3.8) is 0 Å². The molecule has 104 valence electrons. The van der Waals surface area contributed by atoms with E-state index in [-0.39, 0.29) is 35.5 Å². The van der Waals surface area contributed by atoms with Crippen LogP contribution < -0.4 is 4.90 Å². The van der Waals surface area contributed by atoms with Gasteiger partial charge in [-0.1, -0.05) is 24.3 Å². The van der Waals surface area contributed by atoms with E-state index in [9.17, 15) is 14.9 Å². The Hall–Kier alpha value is -2.41. The standard InChI is InChI=1S/C17H14N2O2/c18-9-12-3-1-2-4-13(12)19-16(20)14-10-5-6-11(8-7-10)15(14)17(19)21/h1-6,10-11,14-15H,7-8H2/t10-,11-,14+,15+/m0/s1. The molecule has 21 heavy (non-hydrogen) atoms. The Morgan fingerprint density at radius 2 is 1.57 bits per heavy atom. The molecule has 1 saturated heterocycles. The average molecular weight is 278 g/mol. The van der Waals surface area contributed by atoms with E-state index in [1.165, 1.54) is 4.90 Å². The number of fused-ring (bicyclic) bond motifs is 1. The van der Waals surface area contributed by atoms with Crippen LogP contribution in [0.5, 0.6) is 0 Å². The monoisotopic (exact) mass is 278 g/mol. The summed E-state index contributed by atoms with van der Waals surface area (Å²) in [5.74, 6) is -0.370. The van der Waals surface area contributed by atoms with Crippen molar-refractivity contribution in [3.8, 4) is 6.07 Å². The van der Waals surface area contributed by atoms with Gasteiger partial charge >= 0.3 is 0 Å². The molecule has 4 heteroatoms. The van der Waals surface area contributed by atoms with Crippen LogP contribution in [0.4, 0.5) is 5.69 Å². The van der Waals surface area contributed by atoms with Gasteiger partial charge in [-0.3, -0.25) is 9.59 Å². The highest BCUT2D eigenvalue weighted by Gasteiger charge is 2.57. The first-order chi connectivity index (χ1) is 10.2. The van der Waals surface area contributed by atoms with Crippen LogP contribution in [0.3, 0.4) is 0 Å². The highest BCUT2D eigenvalue weighted by atomic mass is 16.2. The minimum absolute atomic E-state index is 0.133. The molecular weight excluding hydrogens is 264 g/mol. The van der Waals surface area contributed by atoms with Crippen LogP contribution in [0, 0.1) is 35.0 Å². The molecule has 0 unspecified atom stereocenters. The molecule has 0 aromatic heterocycles. The topological polar surface area (TPSA) is 61.2 Å². The Bertz CT molecular complexity index is 684. The maximum absolute atomic E-state index is 12.8. The second kappa shape index (κ2) is 4.29. The lowest BCUT2D eigenvalue weighted by Crippen LogP contribution is -2.38. The van der Waals surface area contributed by atoms with Gasteiger partial charge in [0.15, 0.2) is 0 Å². The number of carbonyl (C=O) groups excluding carboxylic acids is 2. The molecule has 2 bridgehead atoms. The quantitative estimate of drug-likeness (QED) is 0.584. The van der Waals surface area contributed by atoms with Gasteiger partial charge in [0.05, 0.1) is 23.1 Å². The van der Waals surface area contributed by atoms with Crippen LogP contribution in [0.2, 0.25) is 0 Å². The number of hydrogen-bond donors (Lipinski definition) is 0. The van der Waals surface area contributed by atoms with E-state index >= 15 is 0 Å². The Morgan fingerprint density at radius 3 is 2.10 bits per heavy atom. The Morgan fingerprint density at radius 1 is 1.00 bits per heavy atom. The van der Waals surface area contributed by atoms with E-state index in [0.29, 0.717) is 11.3 Å². The first-order valence-corrected chi connectivity index (χ1v) is 7.27. The lowest BCUT2D eigenvalue weighted by molar-refractivity contribution is -0.124. The Kier molecular flexibility index (Phi) is 2.52. The van der Waals surface area contributed by atoms with Gasteiger partial charge in [-0.05, 0) is 36.8 Å². The van der Waals surface area contributed by atoms with Crippen LogP contribution in [-0.2, 0) is 9.59 Å². The zero-order valence-corrected chi connectivity index (χ0v) is 11.4. The number of nitriles is 1. The second-order valence-electron chi connectivity index (χ2n) is 5.98. The number of carbonyl (C=O) groups is 2. The fourth-order valence-corrected chi connectivity index (χ4v) is 4.07. The molecule has 3 aliphatic carbocycles. The molecule has 1 heterocycles. The fourth-order valence-electron chi connectivity index (χ4n) is 4.07. The predicted octanol–water partition coefficient (Wildman–Crippen LogP) is 2.26. The molecule has 5 rings (SSSR count). The van der Waals surface area contributed by atoms with E-state index in [2.05, 4.69) is 18.2 Å². The fraction of sp³-hybridized carbons (Fsp3) is 0.353. The van der Waals surface area contributed by atoms with Gasteiger partial charge in [-0.25, -0.2) is 4.90 Å². The molecule has 0 spiro atoms. The van der Waals surface area contributed by atoms with Gasteiger partial charge < -0.3 is 0 Å². The number of hydrogen-bond acceptors (Lipinski definition) is 3. The predicted molar refractivity (Wildman–Crippen MR) is 76.0 cm³/mol. The normalized spacial score (nSPS) is 33.2. The number of amides is 2. The second-order valence-corrected chi connectivity index (χ2v) is 5.98. The van der Waals surface area contributed by atoms with Crippen molar-refractivity contribution in [1.82, 2.24) is 0 Å². The Labute approximate surface area is 122 Å². The molecule has 0 radical (unpaired) electrons. The van der Waals surface area contributed by atoms with Crippen molar-refractivity contribution in [2.45, 2.75) is 12.8 Å². The molecule has 0 N–H and O–H groups in total. The maximum atomic E-state index is 12.8. The van der Waals surface area contributed by atoms with E-state index < -0.39 is 0 Å². The van der Waals surface area contributed by atoms with E-state index in [0.717, 1.165) is 12.8 Å². The Balaban J connectivity index is 1.81. The van der Waals surface area contributed by atoms with Crippen LogP contribution in [-0.4, -0.2) is 11.8 Å². The average Bonchev–Trinajstić information content (AvgIpc) is 2.82. The van der Waals surface area contributed by atoms with Crippen molar-refractivity contribution in [1.29, 1.82) is 5.26 Å². The van der Waals surface area contributed by atoms with Crippen molar-refractivity contribution < 1.29 is 9.59 Å². The number of para-hydroxylation sites is 1. The molecule has 2 fully saturated rings. The summed E-state index contributed by atoms with van der Waals surface area (Å²) in [6.07, 6.45) is 6.16. The third-order valence-corrected chi connectivity index (χ3v) is 5.02. The molecule has 2 amide bonds. The SMILES string of the molecule is N#Cc1ccccc1N1C(=O)[C@H]2[C@H](C1=O)[C@H]1C=C[C@H]2CC1. The van der Waals surface area contributed by atoms with Gasteiger partial charge in [0.25, 0.3) is 0 Å². The van der Waals surface area contributed by atoms with Gasteiger partial charge in [-0.15, -0.1) is 0 Å². The smallest absolute Gasteiger partial charge is 0.238 e. The number of nitrogens with zero attached hydrogens (tertiary/aromatic N) is 2. The lowest BCUT2D eigenvalue weighted by Gasteiger charge is -2.38. The molecule has 1 aromatic carbocycles. The molecular formula is C17H14N2O2. The van der Waals surface area contributed by atoms with Gasteiger partial charge in [0.1, 0.15) is 6.07 Å². The first-order valence-electron chi connectivity index (χ1n) is 7.27. The number of rotatable bonds is 1. The zero-order chi connectivity index (χ0) is 14.6. The van der Waals surface area contributed by atoms with Crippen LogP contribution in [0.1, 0.15) is 18.4 Å². The van der Waals surface area contributed by atoms with Crippen molar-refractivity contribution in [3.05, 3.63) is 42.0 Å². The van der Waals surface area contributed by atoms with Crippen LogP contribution >= 0.6 is 0 Å². The zero-order valence-electron chi connectivity index (χ0n) is 11.4. The maximum Gasteiger partial charge on any atom is 0.238 e. The van der Waals surface area contributed by atoms with Gasteiger partial charge in [0.2, 0.25) is 11.8 Å². The summed E-state index contributed by atoms with van der Waals surface area (Å²) in [5.41, 5.74) is 0.807. The number of anilines is 1. The summed E-state index contributed by atoms with van der Waals surface area (Å²) in [5, 5.41) is 9.21. The third-order valence-electron chi connectivity index (χ3n) is 5.02. The summed E-state index contributed by atoms with van der Waals surface area (Å²) in [7, 11) is 0. The van der Waals surface area contributed by atoms with Gasteiger partial charge in [-0.2, -0.15) is 5.26 Å². The molecule has 4 aliphatic rings. The lowest BCUT2D eigenvalue weighted by atomic mass is 9.63. The third kappa shape index (κ3) is 1.55. The highest BCUT2D eigenvalue weighted by molar-refractivity contribution is 6.23. The molecule has 1 aromatic rings. The summed E-state index contributed by atoms with van der Waals surface area (Å²) < 4.78 is 0. The van der Waals surface area contributed by atoms with Crippen LogP contribution in [0.25, 0.3) is 0 Å². The molecule has 4 nitrogen and oxygen atoms in total. The summed E-state index contributed by atoms with van der Waals surface area (Å²) in [6.45, 7) is 0. The molecule has 1 saturated carbocycles. The van der Waals surface area contributed by atoms with Crippen LogP contribution in [0.15, 0.2) is 36.4 Å². The number of imide groups is 1. The summed E-state index contributed by atoms with van der Waals surface area (Å²) in [4.78, 5) is 26.8. The first kappa shape index (κ1) is 12.3. The van der Waals surface area contributed by atoms with E-state index in [1.54, 1.807) is 24.3 Å².